The number of halogens is 1. The monoisotopic (exact) mass is 271 g/mol. The van der Waals surface area contributed by atoms with E-state index in [0.29, 0.717) is 24.7 Å². The first kappa shape index (κ1) is 15.0. The number of hydrogen-bond acceptors (Lipinski definition) is 2. The first-order chi connectivity index (χ1) is 8.43. The van der Waals surface area contributed by atoms with Crippen molar-refractivity contribution in [2.24, 2.45) is 5.92 Å². The Bertz CT molecular complexity index is 401. The molecule has 0 aliphatic rings. The highest BCUT2D eigenvalue weighted by Gasteiger charge is 2.14. The summed E-state index contributed by atoms with van der Waals surface area (Å²) in [5.74, 6) is 0.430. The lowest BCUT2D eigenvalue weighted by Gasteiger charge is -2.13. The number of hydrogen-bond donors (Lipinski definition) is 1. The molecule has 0 spiro atoms. The Labute approximate surface area is 114 Å². The molecule has 1 amide bonds. The van der Waals surface area contributed by atoms with E-state index in [1.165, 1.54) is 0 Å². The van der Waals surface area contributed by atoms with Crippen molar-refractivity contribution in [2.75, 3.05) is 6.54 Å². The zero-order valence-electron chi connectivity index (χ0n) is 11.5. The van der Waals surface area contributed by atoms with E-state index < -0.39 is 0 Å². The van der Waals surface area contributed by atoms with Crippen molar-refractivity contribution in [1.29, 1.82) is 0 Å². The lowest BCUT2D eigenvalue weighted by molar-refractivity contribution is 0.0942. The van der Waals surface area contributed by atoms with Gasteiger partial charge in [-0.05, 0) is 32.3 Å². The van der Waals surface area contributed by atoms with Crippen LogP contribution in [0.3, 0.4) is 0 Å². The number of nitrogens with zero attached hydrogens (tertiary/aromatic N) is 2. The number of amides is 1. The first-order valence-electron chi connectivity index (χ1n) is 6.40. The number of nitrogens with one attached hydrogen (secondary N) is 1. The van der Waals surface area contributed by atoms with E-state index in [-0.39, 0.29) is 11.3 Å². The second-order valence-electron chi connectivity index (χ2n) is 4.92. The van der Waals surface area contributed by atoms with E-state index >= 15 is 0 Å². The summed E-state index contributed by atoms with van der Waals surface area (Å²) in [6.07, 6.45) is 0.897. The number of alkyl halides is 1. The Hall–Kier alpha value is -1.03. The van der Waals surface area contributed by atoms with Gasteiger partial charge in [0, 0.05) is 13.1 Å². The van der Waals surface area contributed by atoms with Gasteiger partial charge >= 0.3 is 0 Å². The molecule has 0 bridgehead atoms. The molecule has 0 fully saturated rings. The van der Waals surface area contributed by atoms with Crippen LogP contribution >= 0.6 is 11.6 Å². The van der Waals surface area contributed by atoms with Crippen LogP contribution in [-0.4, -0.2) is 27.6 Å². The summed E-state index contributed by atoms with van der Waals surface area (Å²) in [5.41, 5.74) is 1.45. The van der Waals surface area contributed by atoms with Crippen LogP contribution in [0, 0.1) is 12.8 Å². The molecule has 1 aromatic heterocycles. The summed E-state index contributed by atoms with van der Waals surface area (Å²) in [6, 6.07) is 1.80. The molecule has 0 saturated heterocycles. The zero-order valence-corrected chi connectivity index (χ0v) is 12.3. The van der Waals surface area contributed by atoms with Crippen LogP contribution in [0.2, 0.25) is 0 Å². The number of carbonyl (C=O) groups is 1. The van der Waals surface area contributed by atoms with E-state index in [2.05, 4.69) is 24.3 Å². The third-order valence-electron chi connectivity index (χ3n) is 2.65. The van der Waals surface area contributed by atoms with E-state index in [0.717, 1.165) is 12.1 Å². The normalized spacial score (nSPS) is 12.8. The summed E-state index contributed by atoms with van der Waals surface area (Å²) >= 11 is 6.15. The van der Waals surface area contributed by atoms with Crippen LogP contribution in [-0.2, 0) is 6.54 Å². The number of aromatic nitrogens is 2. The lowest BCUT2D eigenvalue weighted by Crippen LogP contribution is -2.31. The van der Waals surface area contributed by atoms with Crippen molar-refractivity contribution in [3.05, 3.63) is 17.5 Å². The van der Waals surface area contributed by atoms with Crippen LogP contribution in [0.1, 0.15) is 43.4 Å². The minimum Gasteiger partial charge on any atom is -0.349 e. The second-order valence-corrected chi connectivity index (χ2v) is 5.54. The Balaban J connectivity index is 2.54. The van der Waals surface area contributed by atoms with E-state index in [1.807, 2.05) is 13.8 Å². The van der Waals surface area contributed by atoms with Crippen LogP contribution in [0.5, 0.6) is 0 Å². The summed E-state index contributed by atoms with van der Waals surface area (Å²) in [7, 11) is 0. The van der Waals surface area contributed by atoms with E-state index in [4.69, 9.17) is 11.6 Å². The molecule has 4 nitrogen and oxygen atoms in total. The van der Waals surface area contributed by atoms with Crippen molar-refractivity contribution in [1.82, 2.24) is 15.1 Å². The smallest absolute Gasteiger partial charge is 0.269 e. The highest BCUT2D eigenvalue weighted by molar-refractivity contribution is 6.20. The Morgan fingerprint density at radius 3 is 2.78 bits per heavy atom. The van der Waals surface area contributed by atoms with Gasteiger partial charge in [0.15, 0.2) is 0 Å². The molecule has 1 atom stereocenters. The quantitative estimate of drug-likeness (QED) is 0.809. The molecule has 1 aromatic rings. The summed E-state index contributed by atoms with van der Waals surface area (Å²) < 4.78 is 1.70. The van der Waals surface area contributed by atoms with E-state index in [1.54, 1.807) is 10.7 Å². The second kappa shape index (κ2) is 6.78. The van der Waals surface area contributed by atoms with Gasteiger partial charge in [0.1, 0.15) is 5.69 Å². The van der Waals surface area contributed by atoms with Crippen LogP contribution < -0.4 is 5.32 Å². The molecular formula is C13H22ClN3O. The van der Waals surface area contributed by atoms with Gasteiger partial charge in [-0.25, -0.2) is 0 Å². The fourth-order valence-corrected chi connectivity index (χ4v) is 2.29. The highest BCUT2D eigenvalue weighted by Crippen LogP contribution is 2.10. The fraction of sp³-hybridized carbons (Fsp3) is 0.692. The maximum absolute atomic E-state index is 12.0. The predicted octanol–water partition coefficient (Wildman–Crippen LogP) is 2.59. The van der Waals surface area contributed by atoms with Crippen molar-refractivity contribution in [2.45, 2.75) is 46.0 Å². The molecule has 1 rings (SSSR count). The molecule has 0 saturated carbocycles. The van der Waals surface area contributed by atoms with Crippen molar-refractivity contribution in [3.63, 3.8) is 0 Å². The number of rotatable bonds is 6. The molecule has 0 aromatic carbocycles. The maximum atomic E-state index is 12.0. The average molecular weight is 272 g/mol. The highest BCUT2D eigenvalue weighted by atomic mass is 35.5. The van der Waals surface area contributed by atoms with E-state index in [9.17, 15) is 4.79 Å². The van der Waals surface area contributed by atoms with Gasteiger partial charge in [-0.2, -0.15) is 5.10 Å². The topological polar surface area (TPSA) is 46.9 Å². The van der Waals surface area contributed by atoms with Crippen molar-refractivity contribution in [3.8, 4) is 0 Å². The standard InChI is InChI=1S/C13H22ClN3O/c1-5-17-12(7-10(4)16-17)13(18)15-8-11(14)6-9(2)3/h7,9,11H,5-6,8H2,1-4H3,(H,15,18). The minimum absolute atomic E-state index is 0.0203. The van der Waals surface area contributed by atoms with Gasteiger partial charge in [0.25, 0.3) is 5.91 Å². The van der Waals surface area contributed by atoms with Crippen LogP contribution in [0.25, 0.3) is 0 Å². The molecule has 1 unspecified atom stereocenters. The third kappa shape index (κ3) is 4.33. The predicted molar refractivity (Wildman–Crippen MR) is 74.1 cm³/mol. The Morgan fingerprint density at radius 2 is 2.22 bits per heavy atom. The first-order valence-corrected chi connectivity index (χ1v) is 6.84. The van der Waals surface area contributed by atoms with Gasteiger partial charge < -0.3 is 5.32 Å². The molecule has 5 heteroatoms. The fourth-order valence-electron chi connectivity index (χ4n) is 1.86. The average Bonchev–Trinajstić information content (AvgIpc) is 2.66. The van der Waals surface area contributed by atoms with Gasteiger partial charge in [0.2, 0.25) is 0 Å². The molecule has 1 heterocycles. The van der Waals surface area contributed by atoms with Crippen molar-refractivity contribution < 1.29 is 4.79 Å². The molecule has 0 aliphatic heterocycles. The van der Waals surface area contributed by atoms with Gasteiger partial charge in [-0.1, -0.05) is 13.8 Å². The lowest BCUT2D eigenvalue weighted by atomic mass is 10.1. The third-order valence-corrected chi connectivity index (χ3v) is 2.98. The largest absolute Gasteiger partial charge is 0.349 e. The SMILES string of the molecule is CCn1nc(C)cc1C(=O)NCC(Cl)CC(C)C. The minimum atomic E-state index is -0.105. The molecule has 1 N–H and O–H groups in total. The molecular weight excluding hydrogens is 250 g/mol. The maximum Gasteiger partial charge on any atom is 0.269 e. The zero-order chi connectivity index (χ0) is 13.7. The Kier molecular flexibility index (Phi) is 5.66. The molecule has 0 radical (unpaired) electrons. The molecule has 102 valence electrons. The van der Waals surface area contributed by atoms with Crippen molar-refractivity contribution >= 4 is 17.5 Å². The molecule has 0 aliphatic carbocycles. The number of carbonyl (C=O) groups excluding carboxylic acids is 1. The van der Waals surface area contributed by atoms with Gasteiger partial charge in [-0.15, -0.1) is 11.6 Å². The van der Waals surface area contributed by atoms with Gasteiger partial charge in [0.05, 0.1) is 11.1 Å². The summed E-state index contributed by atoms with van der Waals surface area (Å²) in [5, 5.41) is 7.09. The van der Waals surface area contributed by atoms with Gasteiger partial charge in [-0.3, -0.25) is 9.48 Å². The van der Waals surface area contributed by atoms with Crippen LogP contribution in [0.15, 0.2) is 6.07 Å². The number of aryl methyl sites for hydroxylation is 2. The van der Waals surface area contributed by atoms with Crippen LogP contribution in [0.4, 0.5) is 0 Å². The Morgan fingerprint density at radius 1 is 1.56 bits per heavy atom. The summed E-state index contributed by atoms with van der Waals surface area (Å²) in [4.78, 5) is 12.0. The molecule has 18 heavy (non-hydrogen) atoms. The summed E-state index contributed by atoms with van der Waals surface area (Å²) in [6.45, 7) is 9.26.